The maximum absolute atomic E-state index is 13.1. The number of nitrogens with zero attached hydrogens (tertiary/aromatic N) is 5. The van der Waals surface area contributed by atoms with E-state index < -0.39 is 0 Å². The number of benzene rings is 1. The lowest BCUT2D eigenvalue weighted by molar-refractivity contribution is 0.886. The summed E-state index contributed by atoms with van der Waals surface area (Å²) in [6.45, 7) is 0. The fourth-order valence-corrected chi connectivity index (χ4v) is 4.52. The molecule has 0 bridgehead atoms. The van der Waals surface area contributed by atoms with Crippen LogP contribution in [0, 0.1) is 0 Å². The number of thiophene rings is 1. The van der Waals surface area contributed by atoms with Crippen LogP contribution in [0.1, 0.15) is 5.82 Å². The van der Waals surface area contributed by atoms with Gasteiger partial charge in [-0.15, -0.1) is 11.3 Å². The van der Waals surface area contributed by atoms with Crippen LogP contribution in [0.5, 0.6) is 0 Å². The first-order valence-corrected chi connectivity index (χ1v) is 9.99. The van der Waals surface area contributed by atoms with Crippen LogP contribution < -0.4 is 5.56 Å². The molecule has 1 aromatic carbocycles. The van der Waals surface area contributed by atoms with E-state index in [0.717, 1.165) is 21.7 Å². The molecule has 0 aliphatic carbocycles. The molecule has 0 saturated carbocycles. The van der Waals surface area contributed by atoms with E-state index in [1.165, 1.54) is 29.4 Å². The molecule has 9 heteroatoms. The maximum Gasteiger partial charge on any atom is 0.276 e. The number of aromatic amines is 1. The number of fused-ring (bicyclic) bond motifs is 2. The zero-order valence-corrected chi connectivity index (χ0v) is 15.5. The molecule has 0 saturated heterocycles. The van der Waals surface area contributed by atoms with E-state index >= 15 is 0 Å². The van der Waals surface area contributed by atoms with Crippen LogP contribution in [0.15, 0.2) is 64.3 Å². The van der Waals surface area contributed by atoms with Gasteiger partial charge in [-0.2, -0.15) is 0 Å². The lowest BCUT2D eigenvalue weighted by atomic mass is 10.3. The van der Waals surface area contributed by atoms with E-state index in [9.17, 15) is 4.79 Å². The van der Waals surface area contributed by atoms with Crippen molar-refractivity contribution in [2.45, 2.75) is 10.8 Å². The van der Waals surface area contributed by atoms with Gasteiger partial charge in [0.25, 0.3) is 5.56 Å². The van der Waals surface area contributed by atoms with Crippen LogP contribution in [-0.4, -0.2) is 29.5 Å². The number of imidazole rings is 1. The van der Waals surface area contributed by atoms with E-state index in [0.29, 0.717) is 21.9 Å². The molecule has 7 nitrogen and oxygen atoms in total. The molecule has 132 valence electrons. The van der Waals surface area contributed by atoms with Crippen molar-refractivity contribution in [1.82, 2.24) is 29.5 Å². The summed E-state index contributed by atoms with van der Waals surface area (Å²) in [7, 11) is 0. The first kappa shape index (κ1) is 16.2. The Kier molecular flexibility index (Phi) is 3.95. The number of thioether (sulfide) groups is 1. The first-order chi connectivity index (χ1) is 13.3. The molecular formula is C18H12N6OS2. The second-order valence-electron chi connectivity index (χ2n) is 5.71. The third-order valence-electron chi connectivity index (χ3n) is 4.09. The van der Waals surface area contributed by atoms with E-state index in [2.05, 4.69) is 19.9 Å². The highest BCUT2D eigenvalue weighted by atomic mass is 32.2. The van der Waals surface area contributed by atoms with Crippen molar-refractivity contribution in [2.24, 2.45) is 0 Å². The fourth-order valence-electron chi connectivity index (χ4n) is 2.88. The number of hydrogen-bond donors (Lipinski definition) is 1. The van der Waals surface area contributed by atoms with Crippen LogP contribution in [0.3, 0.4) is 0 Å². The lowest BCUT2D eigenvalue weighted by Crippen LogP contribution is -2.22. The van der Waals surface area contributed by atoms with Crippen molar-refractivity contribution >= 4 is 44.5 Å². The summed E-state index contributed by atoms with van der Waals surface area (Å²) in [4.78, 5) is 33.5. The first-order valence-electron chi connectivity index (χ1n) is 8.13. The average Bonchev–Trinajstić information content (AvgIpc) is 3.36. The molecule has 0 unspecified atom stereocenters. The minimum Gasteiger partial charge on any atom is -0.341 e. The van der Waals surface area contributed by atoms with Gasteiger partial charge in [0.15, 0.2) is 5.65 Å². The second-order valence-corrected chi connectivity index (χ2v) is 7.59. The predicted octanol–water partition coefficient (Wildman–Crippen LogP) is 3.41. The fraction of sp³-hybridized carbons (Fsp3) is 0.0556. The zero-order valence-electron chi connectivity index (χ0n) is 13.9. The Morgan fingerprint density at radius 3 is 2.89 bits per heavy atom. The molecule has 0 spiro atoms. The topological polar surface area (TPSA) is 89.3 Å². The number of aromatic nitrogens is 6. The molecule has 4 heterocycles. The van der Waals surface area contributed by atoms with E-state index in [1.54, 1.807) is 10.9 Å². The Morgan fingerprint density at radius 1 is 1.11 bits per heavy atom. The molecule has 5 rings (SSSR count). The summed E-state index contributed by atoms with van der Waals surface area (Å²) in [6.07, 6.45) is 3.09. The minimum atomic E-state index is -0.0498. The van der Waals surface area contributed by atoms with Gasteiger partial charge in [0.05, 0.1) is 23.3 Å². The Morgan fingerprint density at radius 2 is 2.00 bits per heavy atom. The predicted molar refractivity (Wildman–Crippen MR) is 106 cm³/mol. The molecule has 0 radical (unpaired) electrons. The van der Waals surface area contributed by atoms with Gasteiger partial charge in [-0.3, -0.25) is 9.36 Å². The summed E-state index contributed by atoms with van der Waals surface area (Å²) < 4.78 is 2.34. The van der Waals surface area contributed by atoms with Gasteiger partial charge >= 0.3 is 0 Å². The second kappa shape index (κ2) is 6.60. The number of hydrogen-bond acceptors (Lipinski definition) is 7. The van der Waals surface area contributed by atoms with Gasteiger partial charge in [0, 0.05) is 0 Å². The molecule has 0 aliphatic heterocycles. The van der Waals surface area contributed by atoms with Crippen molar-refractivity contribution in [3.63, 3.8) is 0 Å². The minimum absolute atomic E-state index is 0.0498. The van der Waals surface area contributed by atoms with Crippen LogP contribution in [0.25, 0.3) is 27.1 Å². The average molecular weight is 392 g/mol. The van der Waals surface area contributed by atoms with Crippen LogP contribution >= 0.6 is 23.1 Å². The molecule has 0 fully saturated rings. The summed E-state index contributed by atoms with van der Waals surface area (Å²) in [5, 5.41) is 2.67. The molecular weight excluding hydrogens is 380 g/mol. The highest BCUT2D eigenvalue weighted by Gasteiger charge is 2.15. The van der Waals surface area contributed by atoms with Gasteiger partial charge in [-0.1, -0.05) is 30.0 Å². The Balaban J connectivity index is 1.62. The molecule has 27 heavy (non-hydrogen) atoms. The van der Waals surface area contributed by atoms with Crippen molar-refractivity contribution in [1.29, 1.82) is 0 Å². The Labute approximate surface area is 161 Å². The molecule has 1 N–H and O–H groups in total. The number of para-hydroxylation sites is 1. The highest BCUT2D eigenvalue weighted by Crippen LogP contribution is 2.26. The SMILES string of the molecule is O=c1c2sccc2nc(CSc2ncnc3nc[nH]c23)n1-c1ccccc1. The number of rotatable bonds is 4. The molecule has 0 atom stereocenters. The Hall–Kier alpha value is -3.04. The van der Waals surface area contributed by atoms with Crippen LogP contribution in [0.4, 0.5) is 0 Å². The zero-order chi connectivity index (χ0) is 18.2. The van der Waals surface area contributed by atoms with E-state index in [-0.39, 0.29) is 5.56 Å². The van der Waals surface area contributed by atoms with Gasteiger partial charge < -0.3 is 4.98 Å². The number of H-pyrrole nitrogens is 1. The summed E-state index contributed by atoms with van der Waals surface area (Å²) in [5.41, 5.74) is 2.88. The monoisotopic (exact) mass is 392 g/mol. The third kappa shape index (κ3) is 2.81. The van der Waals surface area contributed by atoms with Gasteiger partial charge in [0.1, 0.15) is 27.4 Å². The van der Waals surface area contributed by atoms with Crippen LogP contribution in [-0.2, 0) is 5.75 Å². The largest absolute Gasteiger partial charge is 0.341 e. The van der Waals surface area contributed by atoms with Gasteiger partial charge in [-0.05, 0) is 23.6 Å². The standard InChI is InChI=1S/C18H12N6OS2/c25-18-15-12(6-7-26-15)23-13(24(18)11-4-2-1-3-5-11)8-27-17-14-16(20-9-19-14)21-10-22-17/h1-7,9-10H,8H2,(H,19,20,21,22). The molecule has 0 aliphatic rings. The number of nitrogens with one attached hydrogen (secondary N) is 1. The van der Waals surface area contributed by atoms with E-state index in [4.69, 9.17) is 4.98 Å². The summed E-state index contributed by atoms with van der Waals surface area (Å²) in [5.74, 6) is 1.16. The highest BCUT2D eigenvalue weighted by molar-refractivity contribution is 7.98. The van der Waals surface area contributed by atoms with Gasteiger partial charge in [-0.25, -0.2) is 19.9 Å². The van der Waals surface area contributed by atoms with Crippen molar-refractivity contribution in [3.8, 4) is 5.69 Å². The van der Waals surface area contributed by atoms with Crippen LogP contribution in [0.2, 0.25) is 0 Å². The smallest absolute Gasteiger partial charge is 0.276 e. The van der Waals surface area contributed by atoms with Crippen molar-refractivity contribution in [3.05, 3.63) is 70.6 Å². The molecule has 0 amide bonds. The van der Waals surface area contributed by atoms with Crippen molar-refractivity contribution in [2.75, 3.05) is 0 Å². The maximum atomic E-state index is 13.1. The third-order valence-corrected chi connectivity index (χ3v) is 5.97. The van der Waals surface area contributed by atoms with Crippen molar-refractivity contribution < 1.29 is 0 Å². The van der Waals surface area contributed by atoms with E-state index in [1.807, 2.05) is 41.8 Å². The molecule has 4 aromatic heterocycles. The molecule has 5 aromatic rings. The summed E-state index contributed by atoms with van der Waals surface area (Å²) in [6, 6.07) is 11.5. The lowest BCUT2D eigenvalue weighted by Gasteiger charge is -2.12. The quantitative estimate of drug-likeness (QED) is 0.372. The normalized spacial score (nSPS) is 11.4. The Bertz CT molecular complexity index is 1310. The summed E-state index contributed by atoms with van der Waals surface area (Å²) >= 11 is 2.91. The van der Waals surface area contributed by atoms with Gasteiger partial charge in [0.2, 0.25) is 0 Å².